The molecule has 1 N–H and O–H groups in total. The normalized spacial score (nSPS) is 18.1. The van der Waals surface area contributed by atoms with E-state index < -0.39 is 17.2 Å². The van der Waals surface area contributed by atoms with Gasteiger partial charge in [0.05, 0.1) is 22.5 Å². The van der Waals surface area contributed by atoms with Crippen LogP contribution in [0, 0.1) is 5.82 Å². The third-order valence-electron chi connectivity index (χ3n) is 7.24. The van der Waals surface area contributed by atoms with Crippen molar-refractivity contribution in [2.24, 2.45) is 0 Å². The highest BCUT2D eigenvalue weighted by molar-refractivity contribution is 6.30. The average Bonchev–Trinajstić information content (AvgIpc) is 3.66. The molecule has 0 bridgehead atoms. The number of esters is 1. The number of piperazine rings is 1. The number of fused-ring (bicyclic) bond motifs is 1. The number of carbonyl (C=O) groups is 2. The molecule has 0 radical (unpaired) electrons. The first-order chi connectivity index (χ1) is 17.8. The molecule has 0 unspecified atom stereocenters. The molecular formula is C27H23ClFN3O5. The van der Waals surface area contributed by atoms with Crippen molar-refractivity contribution < 1.29 is 23.8 Å². The summed E-state index contributed by atoms with van der Waals surface area (Å²) >= 11 is 6.00. The lowest BCUT2D eigenvalue weighted by molar-refractivity contribution is -0.134. The molecule has 1 aliphatic carbocycles. The number of ether oxygens (including phenoxy) is 1. The monoisotopic (exact) mass is 523 g/mol. The van der Waals surface area contributed by atoms with Crippen molar-refractivity contribution in [3.8, 4) is 0 Å². The maximum absolute atomic E-state index is 15.3. The molecule has 3 heterocycles. The fourth-order valence-electron chi connectivity index (χ4n) is 5.17. The van der Waals surface area contributed by atoms with Crippen LogP contribution in [0.1, 0.15) is 34.8 Å². The van der Waals surface area contributed by atoms with E-state index in [0.29, 0.717) is 48.0 Å². The van der Waals surface area contributed by atoms with Gasteiger partial charge < -0.3 is 24.2 Å². The molecular weight excluding hydrogens is 501 g/mol. The number of halogens is 2. The molecule has 2 aliphatic heterocycles. The molecule has 0 atom stereocenters. The molecule has 1 aromatic heterocycles. The van der Waals surface area contributed by atoms with E-state index in [1.807, 2.05) is 4.90 Å². The number of anilines is 1. The predicted octanol–water partition coefficient (Wildman–Crippen LogP) is 3.92. The summed E-state index contributed by atoms with van der Waals surface area (Å²) in [6.45, 7) is 2.27. The van der Waals surface area contributed by atoms with Gasteiger partial charge in [0.15, 0.2) is 0 Å². The van der Waals surface area contributed by atoms with Crippen LogP contribution in [0.2, 0.25) is 5.02 Å². The molecule has 8 nitrogen and oxygen atoms in total. The maximum atomic E-state index is 15.3. The number of benzene rings is 2. The van der Waals surface area contributed by atoms with Crippen LogP contribution in [0.15, 0.2) is 53.1 Å². The molecule has 6 rings (SSSR count). The van der Waals surface area contributed by atoms with Gasteiger partial charge in [-0.25, -0.2) is 14.0 Å². The van der Waals surface area contributed by atoms with E-state index in [1.165, 1.54) is 6.20 Å². The number of carbonyl (C=O) groups excluding carboxylic acids is 1. The molecule has 10 heteroatoms. The first kappa shape index (κ1) is 23.5. The van der Waals surface area contributed by atoms with Crippen LogP contribution in [0.4, 0.5) is 10.1 Å². The number of rotatable bonds is 5. The van der Waals surface area contributed by atoms with Gasteiger partial charge in [-0.15, -0.1) is 0 Å². The van der Waals surface area contributed by atoms with Crippen LogP contribution in [0.3, 0.4) is 0 Å². The maximum Gasteiger partial charge on any atom is 0.341 e. The average molecular weight is 524 g/mol. The van der Waals surface area contributed by atoms with Crippen LogP contribution in [0.25, 0.3) is 16.5 Å². The standard InChI is InChI=1S/C27H23ClFN3O5/c28-16-3-1-15(2-4-16)24-23(14-37-27(24)36)31-9-7-30(8-10-31)22-12-21-18(11-20(22)29)25(33)19(26(34)35)13-32(21)17-5-6-17/h1-4,11-13,17H,5-10,14H2,(H,34,35). The second-order valence-corrected chi connectivity index (χ2v) is 9.95. The molecule has 2 aromatic carbocycles. The molecule has 0 amide bonds. The van der Waals surface area contributed by atoms with E-state index in [1.54, 1.807) is 34.9 Å². The quantitative estimate of drug-likeness (QED) is 0.507. The summed E-state index contributed by atoms with van der Waals surface area (Å²) in [6, 6.07) is 9.97. The van der Waals surface area contributed by atoms with Gasteiger partial charge in [0.2, 0.25) is 5.43 Å². The van der Waals surface area contributed by atoms with Crippen molar-refractivity contribution in [2.75, 3.05) is 37.7 Å². The molecule has 3 aliphatic rings. The Bertz CT molecular complexity index is 1540. The number of carboxylic acids is 1. The summed E-state index contributed by atoms with van der Waals surface area (Å²) in [5.74, 6) is -2.26. The number of aromatic nitrogens is 1. The summed E-state index contributed by atoms with van der Waals surface area (Å²) in [4.78, 5) is 40.8. The van der Waals surface area contributed by atoms with Crippen molar-refractivity contribution in [1.82, 2.24) is 9.47 Å². The number of nitrogens with zero attached hydrogens (tertiary/aromatic N) is 3. The molecule has 3 aromatic rings. The minimum Gasteiger partial charge on any atom is -0.477 e. The summed E-state index contributed by atoms with van der Waals surface area (Å²) in [7, 11) is 0. The number of hydrogen-bond acceptors (Lipinski definition) is 6. The van der Waals surface area contributed by atoms with Gasteiger partial charge in [-0.1, -0.05) is 23.7 Å². The number of pyridine rings is 1. The number of aromatic carboxylic acids is 1. The smallest absolute Gasteiger partial charge is 0.341 e. The molecule has 0 spiro atoms. The molecule has 1 saturated heterocycles. The van der Waals surface area contributed by atoms with Gasteiger partial charge in [-0.05, 0) is 42.7 Å². The second-order valence-electron chi connectivity index (χ2n) is 9.52. The van der Waals surface area contributed by atoms with Crippen molar-refractivity contribution in [2.45, 2.75) is 18.9 Å². The highest BCUT2D eigenvalue weighted by atomic mass is 35.5. The fourth-order valence-corrected chi connectivity index (χ4v) is 5.30. The van der Waals surface area contributed by atoms with E-state index >= 15 is 4.39 Å². The van der Waals surface area contributed by atoms with Gasteiger partial charge in [0.1, 0.15) is 18.0 Å². The highest BCUT2D eigenvalue weighted by Gasteiger charge is 2.33. The zero-order valence-electron chi connectivity index (χ0n) is 19.7. The third kappa shape index (κ3) is 4.13. The number of hydrogen-bond donors (Lipinski definition) is 1. The lowest BCUT2D eigenvalue weighted by Gasteiger charge is -2.38. The Morgan fingerprint density at radius 1 is 1.03 bits per heavy atom. The van der Waals surface area contributed by atoms with Crippen molar-refractivity contribution in [1.29, 1.82) is 0 Å². The Morgan fingerprint density at radius 2 is 1.70 bits per heavy atom. The van der Waals surface area contributed by atoms with E-state index in [9.17, 15) is 19.5 Å². The zero-order chi connectivity index (χ0) is 25.8. The lowest BCUT2D eigenvalue weighted by atomic mass is 10.0. The number of cyclic esters (lactones) is 1. The zero-order valence-corrected chi connectivity index (χ0v) is 20.5. The van der Waals surface area contributed by atoms with Crippen LogP contribution in [-0.4, -0.2) is 59.3 Å². The van der Waals surface area contributed by atoms with Gasteiger partial charge in [-0.3, -0.25) is 4.79 Å². The van der Waals surface area contributed by atoms with Crippen LogP contribution < -0.4 is 10.3 Å². The van der Waals surface area contributed by atoms with Gasteiger partial charge in [-0.2, -0.15) is 0 Å². The van der Waals surface area contributed by atoms with Gasteiger partial charge in [0.25, 0.3) is 0 Å². The Labute approximate surface area is 216 Å². The predicted molar refractivity (Wildman–Crippen MR) is 137 cm³/mol. The number of carboxylic acid groups (broad SMARTS) is 1. The summed E-state index contributed by atoms with van der Waals surface area (Å²) in [5, 5.41) is 10.1. The minimum atomic E-state index is -1.32. The van der Waals surface area contributed by atoms with Crippen molar-refractivity contribution >= 4 is 45.7 Å². The van der Waals surface area contributed by atoms with Gasteiger partial charge >= 0.3 is 11.9 Å². The van der Waals surface area contributed by atoms with Crippen molar-refractivity contribution in [3.63, 3.8) is 0 Å². The summed E-state index contributed by atoms with van der Waals surface area (Å²) in [6.07, 6.45) is 3.15. The minimum absolute atomic E-state index is 0.0751. The summed E-state index contributed by atoms with van der Waals surface area (Å²) in [5.41, 5.74) is 1.94. The molecule has 1 saturated carbocycles. The highest BCUT2D eigenvalue weighted by Crippen LogP contribution is 2.38. The van der Waals surface area contributed by atoms with Crippen molar-refractivity contribution in [3.05, 3.63) is 80.5 Å². The van der Waals surface area contributed by atoms with E-state index in [0.717, 1.165) is 30.2 Å². The fraction of sp³-hybridized carbons (Fsp3) is 0.296. The molecule has 2 fully saturated rings. The van der Waals surface area contributed by atoms with E-state index in [4.69, 9.17) is 16.3 Å². The third-order valence-corrected chi connectivity index (χ3v) is 7.49. The van der Waals surface area contributed by atoms with Crippen LogP contribution in [-0.2, 0) is 9.53 Å². The van der Waals surface area contributed by atoms with Crippen LogP contribution in [0.5, 0.6) is 0 Å². The Morgan fingerprint density at radius 3 is 2.35 bits per heavy atom. The Kier molecular flexibility index (Phi) is 5.67. The van der Waals surface area contributed by atoms with E-state index in [2.05, 4.69) is 4.90 Å². The Hall–Kier alpha value is -3.85. The van der Waals surface area contributed by atoms with E-state index in [-0.39, 0.29) is 29.6 Å². The largest absolute Gasteiger partial charge is 0.477 e. The SMILES string of the molecule is O=C1OCC(N2CCN(c3cc4c(cc3F)c(=O)c(C(=O)O)cn4C3CC3)CC2)=C1c1ccc(Cl)cc1. The first-order valence-electron chi connectivity index (χ1n) is 12.1. The molecule has 190 valence electrons. The molecule has 37 heavy (non-hydrogen) atoms. The Balaban J connectivity index is 1.30. The topological polar surface area (TPSA) is 92.1 Å². The van der Waals surface area contributed by atoms with Crippen LogP contribution >= 0.6 is 11.6 Å². The first-order valence-corrected chi connectivity index (χ1v) is 12.5. The second kappa shape index (κ2) is 8.92. The summed E-state index contributed by atoms with van der Waals surface area (Å²) < 4.78 is 22.4. The lowest BCUT2D eigenvalue weighted by Crippen LogP contribution is -2.46. The van der Waals surface area contributed by atoms with Gasteiger partial charge in [0, 0.05) is 48.8 Å².